The molecule has 1 aromatic rings. The number of nitrogen functional groups attached to an aromatic ring is 1. The minimum Gasteiger partial charge on any atom is -0.394 e. The zero-order valence-electron chi connectivity index (χ0n) is 10.8. The predicted molar refractivity (Wildman–Crippen MR) is 72.1 cm³/mol. The molecule has 0 spiro atoms. The second kappa shape index (κ2) is 5.85. The molecule has 1 saturated heterocycles. The molecule has 0 aliphatic carbocycles. The zero-order valence-corrected chi connectivity index (χ0v) is 10.8. The van der Waals surface area contributed by atoms with Crippen LogP contribution in [0.3, 0.4) is 0 Å². The number of hydrogen-bond donors (Lipinski definition) is 3. The van der Waals surface area contributed by atoms with Crippen LogP contribution in [0, 0.1) is 10.1 Å². The van der Waals surface area contributed by atoms with Crippen LogP contribution in [-0.4, -0.2) is 40.0 Å². The molecular weight excluding hydrogens is 264 g/mol. The van der Waals surface area contributed by atoms with Gasteiger partial charge in [-0.2, -0.15) is 0 Å². The number of nitro groups is 1. The van der Waals surface area contributed by atoms with Gasteiger partial charge in [0.2, 0.25) is 0 Å². The standard InChI is InChI=1S/C12H16N4O4/c13-14-10-5-1-4-9(11(10)16(19)20)12(18)15-6-2-3-8(15)7-17/h1,4-5,8,14,17H,2-3,6-7,13H2. The molecule has 4 N–H and O–H groups in total. The lowest BCUT2D eigenvalue weighted by Crippen LogP contribution is -2.38. The van der Waals surface area contributed by atoms with Gasteiger partial charge in [0.25, 0.3) is 5.91 Å². The van der Waals surface area contributed by atoms with Crippen molar-refractivity contribution in [2.45, 2.75) is 18.9 Å². The summed E-state index contributed by atoms with van der Waals surface area (Å²) >= 11 is 0. The number of nitrogens with zero attached hydrogens (tertiary/aromatic N) is 2. The Balaban J connectivity index is 2.42. The van der Waals surface area contributed by atoms with E-state index in [1.807, 2.05) is 0 Å². The fourth-order valence-corrected chi connectivity index (χ4v) is 2.48. The molecule has 0 bridgehead atoms. The first kappa shape index (κ1) is 14.2. The minimum absolute atomic E-state index is 0.0224. The molecule has 1 aliphatic rings. The molecule has 1 amide bonds. The maximum atomic E-state index is 12.5. The fraction of sp³-hybridized carbons (Fsp3) is 0.417. The molecule has 1 unspecified atom stereocenters. The SMILES string of the molecule is NNc1cccc(C(=O)N2CCCC2CO)c1[N+](=O)[O-]. The van der Waals surface area contributed by atoms with Gasteiger partial charge < -0.3 is 15.4 Å². The van der Waals surface area contributed by atoms with Gasteiger partial charge in [0, 0.05) is 6.54 Å². The van der Waals surface area contributed by atoms with Gasteiger partial charge in [0.05, 0.1) is 17.6 Å². The Morgan fingerprint density at radius 2 is 2.35 bits per heavy atom. The van der Waals surface area contributed by atoms with Crippen molar-refractivity contribution >= 4 is 17.3 Å². The number of nitrogens with one attached hydrogen (secondary N) is 1. The normalized spacial score (nSPS) is 18.1. The van der Waals surface area contributed by atoms with E-state index >= 15 is 0 Å². The van der Waals surface area contributed by atoms with Crippen LogP contribution in [0.15, 0.2) is 18.2 Å². The highest BCUT2D eigenvalue weighted by Gasteiger charge is 2.33. The van der Waals surface area contributed by atoms with Gasteiger partial charge in [-0.25, -0.2) is 0 Å². The predicted octanol–water partition coefficient (Wildman–Crippen LogP) is 0.477. The van der Waals surface area contributed by atoms with E-state index in [-0.39, 0.29) is 29.6 Å². The average molecular weight is 280 g/mol. The molecule has 8 heteroatoms. The summed E-state index contributed by atoms with van der Waals surface area (Å²) in [6.45, 7) is 0.343. The summed E-state index contributed by atoms with van der Waals surface area (Å²) in [6, 6.07) is 4.08. The smallest absolute Gasteiger partial charge is 0.306 e. The third-order valence-electron chi connectivity index (χ3n) is 3.45. The van der Waals surface area contributed by atoms with E-state index in [2.05, 4.69) is 5.43 Å². The van der Waals surface area contributed by atoms with Crippen molar-refractivity contribution in [2.24, 2.45) is 5.84 Å². The molecule has 1 heterocycles. The zero-order chi connectivity index (χ0) is 14.7. The van der Waals surface area contributed by atoms with Crippen molar-refractivity contribution in [1.82, 2.24) is 4.90 Å². The molecule has 1 aliphatic heterocycles. The molecular formula is C12H16N4O4. The monoisotopic (exact) mass is 280 g/mol. The van der Waals surface area contributed by atoms with Crippen LogP contribution in [-0.2, 0) is 0 Å². The number of likely N-dealkylation sites (tertiary alicyclic amines) is 1. The number of benzene rings is 1. The summed E-state index contributed by atoms with van der Waals surface area (Å²) in [4.78, 5) is 24.5. The van der Waals surface area contributed by atoms with Crippen LogP contribution in [0.25, 0.3) is 0 Å². The fourth-order valence-electron chi connectivity index (χ4n) is 2.48. The second-order valence-corrected chi connectivity index (χ2v) is 4.58. The summed E-state index contributed by atoms with van der Waals surface area (Å²) in [5, 5.41) is 20.4. The number of hydrazine groups is 1. The third kappa shape index (κ3) is 2.43. The van der Waals surface area contributed by atoms with Gasteiger partial charge in [0.15, 0.2) is 0 Å². The van der Waals surface area contributed by atoms with E-state index in [1.54, 1.807) is 0 Å². The number of para-hydroxylation sites is 1. The molecule has 1 fully saturated rings. The molecule has 0 aromatic heterocycles. The van der Waals surface area contributed by atoms with E-state index in [4.69, 9.17) is 5.84 Å². The Bertz CT molecular complexity index is 534. The third-order valence-corrected chi connectivity index (χ3v) is 3.45. The topological polar surface area (TPSA) is 122 Å². The van der Waals surface area contributed by atoms with Crippen molar-refractivity contribution in [3.8, 4) is 0 Å². The number of aliphatic hydroxyl groups is 1. The van der Waals surface area contributed by atoms with E-state index < -0.39 is 10.8 Å². The largest absolute Gasteiger partial charge is 0.394 e. The average Bonchev–Trinajstić information content (AvgIpc) is 2.93. The van der Waals surface area contributed by atoms with Crippen molar-refractivity contribution in [2.75, 3.05) is 18.6 Å². The first-order valence-corrected chi connectivity index (χ1v) is 6.26. The summed E-state index contributed by atoms with van der Waals surface area (Å²) < 4.78 is 0. The number of hydrogen-bond acceptors (Lipinski definition) is 6. The van der Waals surface area contributed by atoms with Crippen LogP contribution in [0.1, 0.15) is 23.2 Å². The van der Waals surface area contributed by atoms with Gasteiger partial charge in [-0.05, 0) is 25.0 Å². The molecule has 8 nitrogen and oxygen atoms in total. The molecule has 2 rings (SSSR count). The Morgan fingerprint density at radius 1 is 1.60 bits per heavy atom. The van der Waals surface area contributed by atoms with Gasteiger partial charge in [0.1, 0.15) is 11.3 Å². The maximum absolute atomic E-state index is 12.5. The van der Waals surface area contributed by atoms with Crippen LogP contribution >= 0.6 is 0 Å². The first-order valence-electron chi connectivity index (χ1n) is 6.26. The second-order valence-electron chi connectivity index (χ2n) is 4.58. The van der Waals surface area contributed by atoms with Gasteiger partial charge in [-0.15, -0.1) is 0 Å². The lowest BCUT2D eigenvalue weighted by atomic mass is 10.1. The molecule has 1 atom stereocenters. The summed E-state index contributed by atoms with van der Waals surface area (Å²) in [5.41, 5.74) is 1.94. The highest BCUT2D eigenvalue weighted by molar-refractivity contribution is 6.00. The van der Waals surface area contributed by atoms with Crippen molar-refractivity contribution in [3.05, 3.63) is 33.9 Å². The van der Waals surface area contributed by atoms with Crippen molar-refractivity contribution in [1.29, 1.82) is 0 Å². The summed E-state index contributed by atoms with van der Waals surface area (Å²) in [5.74, 6) is 4.79. The lowest BCUT2D eigenvalue weighted by Gasteiger charge is -2.23. The number of amides is 1. The molecule has 108 valence electrons. The molecule has 0 saturated carbocycles. The van der Waals surface area contributed by atoms with Crippen molar-refractivity contribution < 1.29 is 14.8 Å². The highest BCUT2D eigenvalue weighted by Crippen LogP contribution is 2.30. The molecule has 20 heavy (non-hydrogen) atoms. The summed E-state index contributed by atoms with van der Waals surface area (Å²) in [7, 11) is 0. The van der Waals surface area contributed by atoms with Gasteiger partial charge in [-0.3, -0.25) is 20.8 Å². The number of carbonyl (C=O) groups excluding carboxylic acids is 1. The Morgan fingerprint density at radius 3 is 2.95 bits per heavy atom. The van der Waals surface area contributed by atoms with Crippen LogP contribution in [0.2, 0.25) is 0 Å². The Kier molecular flexibility index (Phi) is 4.16. The van der Waals surface area contributed by atoms with E-state index in [9.17, 15) is 20.0 Å². The highest BCUT2D eigenvalue weighted by atomic mass is 16.6. The number of aliphatic hydroxyl groups excluding tert-OH is 1. The summed E-state index contributed by atoms with van der Waals surface area (Å²) in [6.07, 6.45) is 1.48. The Hall–Kier alpha value is -2.19. The maximum Gasteiger partial charge on any atom is 0.306 e. The van der Waals surface area contributed by atoms with Gasteiger partial charge in [-0.1, -0.05) is 6.07 Å². The number of nitrogens with two attached hydrogens (primary N) is 1. The minimum atomic E-state index is -0.632. The van der Waals surface area contributed by atoms with Crippen LogP contribution in [0.5, 0.6) is 0 Å². The van der Waals surface area contributed by atoms with E-state index in [0.717, 1.165) is 6.42 Å². The molecule has 1 aromatic carbocycles. The van der Waals surface area contributed by atoms with Crippen LogP contribution < -0.4 is 11.3 Å². The lowest BCUT2D eigenvalue weighted by molar-refractivity contribution is -0.384. The molecule has 0 radical (unpaired) electrons. The first-order chi connectivity index (χ1) is 9.60. The van der Waals surface area contributed by atoms with E-state index in [1.165, 1.54) is 23.1 Å². The van der Waals surface area contributed by atoms with Crippen molar-refractivity contribution in [3.63, 3.8) is 0 Å². The van der Waals surface area contributed by atoms with Crippen LogP contribution in [0.4, 0.5) is 11.4 Å². The number of anilines is 1. The van der Waals surface area contributed by atoms with E-state index in [0.29, 0.717) is 13.0 Å². The number of rotatable bonds is 4. The Labute approximate surface area is 115 Å². The van der Waals surface area contributed by atoms with Gasteiger partial charge >= 0.3 is 5.69 Å². The number of carbonyl (C=O) groups is 1. The number of nitro benzene ring substituents is 1. The quantitative estimate of drug-likeness (QED) is 0.419.